The molecular formula is C11H14BrNO. The Morgan fingerprint density at radius 3 is 3.07 bits per heavy atom. The number of nitrogens with one attached hydrogen (secondary N) is 1. The first-order valence-electron chi connectivity index (χ1n) is 4.86. The van der Waals surface area contributed by atoms with E-state index in [1.54, 1.807) is 0 Å². The van der Waals surface area contributed by atoms with E-state index in [9.17, 15) is 0 Å². The number of rotatable bonds is 2. The predicted molar refractivity (Wildman–Crippen MR) is 60.2 cm³/mol. The second-order valence-corrected chi connectivity index (χ2v) is 4.64. The van der Waals surface area contributed by atoms with E-state index in [2.05, 4.69) is 46.4 Å². The van der Waals surface area contributed by atoms with Crippen LogP contribution in [-0.4, -0.2) is 18.9 Å². The summed E-state index contributed by atoms with van der Waals surface area (Å²) in [4.78, 5) is 0. The summed E-state index contributed by atoms with van der Waals surface area (Å²) >= 11 is 3.46. The van der Waals surface area contributed by atoms with Gasteiger partial charge < -0.3 is 4.74 Å². The Hall–Kier alpha value is -0.380. The summed E-state index contributed by atoms with van der Waals surface area (Å²) in [6.45, 7) is 2.96. The summed E-state index contributed by atoms with van der Waals surface area (Å²) in [5.74, 6) is 0. The lowest BCUT2D eigenvalue weighted by molar-refractivity contribution is 0.101. The van der Waals surface area contributed by atoms with Crippen LogP contribution < -0.4 is 5.32 Å². The Bertz CT molecular complexity index is 316. The largest absolute Gasteiger partial charge is 0.361 e. The van der Waals surface area contributed by atoms with Crippen LogP contribution >= 0.6 is 15.9 Å². The normalized spacial score (nSPS) is 26.7. The van der Waals surface area contributed by atoms with Crippen molar-refractivity contribution in [1.82, 2.24) is 5.32 Å². The van der Waals surface area contributed by atoms with Crippen LogP contribution in [0.1, 0.15) is 12.5 Å². The second-order valence-electron chi connectivity index (χ2n) is 3.72. The number of hydrogen-bond donors (Lipinski definition) is 1. The van der Waals surface area contributed by atoms with Crippen molar-refractivity contribution in [3.63, 3.8) is 0 Å². The third-order valence-electron chi connectivity index (χ3n) is 2.33. The number of halogens is 1. The lowest BCUT2D eigenvalue weighted by atomic mass is 10.1. The van der Waals surface area contributed by atoms with E-state index in [0.29, 0.717) is 6.04 Å². The van der Waals surface area contributed by atoms with Gasteiger partial charge in [0.25, 0.3) is 0 Å². The van der Waals surface area contributed by atoms with Gasteiger partial charge in [-0.25, -0.2) is 0 Å². The molecule has 1 aromatic carbocycles. The Labute approximate surface area is 92.8 Å². The molecule has 1 aliphatic heterocycles. The lowest BCUT2D eigenvalue weighted by Gasteiger charge is -2.10. The van der Waals surface area contributed by atoms with E-state index in [0.717, 1.165) is 17.5 Å². The van der Waals surface area contributed by atoms with Gasteiger partial charge >= 0.3 is 0 Å². The molecule has 1 fully saturated rings. The van der Waals surface area contributed by atoms with Crippen LogP contribution in [0.5, 0.6) is 0 Å². The molecule has 0 aliphatic carbocycles. The van der Waals surface area contributed by atoms with E-state index in [-0.39, 0.29) is 6.23 Å². The van der Waals surface area contributed by atoms with Gasteiger partial charge in [0.1, 0.15) is 6.23 Å². The van der Waals surface area contributed by atoms with Crippen LogP contribution in [0.2, 0.25) is 0 Å². The van der Waals surface area contributed by atoms with Crippen LogP contribution in [0.25, 0.3) is 0 Å². The van der Waals surface area contributed by atoms with Crippen molar-refractivity contribution in [2.45, 2.75) is 25.6 Å². The van der Waals surface area contributed by atoms with Gasteiger partial charge in [-0.05, 0) is 24.6 Å². The summed E-state index contributed by atoms with van der Waals surface area (Å²) in [7, 11) is 0. The Balaban J connectivity index is 1.97. The molecule has 1 saturated heterocycles. The van der Waals surface area contributed by atoms with Gasteiger partial charge in [-0.1, -0.05) is 28.1 Å². The van der Waals surface area contributed by atoms with E-state index in [1.165, 1.54) is 5.56 Å². The zero-order valence-corrected chi connectivity index (χ0v) is 9.75. The average molecular weight is 256 g/mol. The van der Waals surface area contributed by atoms with Crippen molar-refractivity contribution >= 4 is 15.9 Å². The average Bonchev–Trinajstić information content (AvgIpc) is 2.51. The Morgan fingerprint density at radius 1 is 1.57 bits per heavy atom. The zero-order valence-electron chi connectivity index (χ0n) is 8.16. The molecule has 0 amide bonds. The van der Waals surface area contributed by atoms with Crippen molar-refractivity contribution in [3.05, 3.63) is 34.3 Å². The highest BCUT2D eigenvalue weighted by atomic mass is 79.9. The molecule has 0 aromatic heterocycles. The third kappa shape index (κ3) is 2.56. The van der Waals surface area contributed by atoms with Gasteiger partial charge in [0, 0.05) is 16.9 Å². The van der Waals surface area contributed by atoms with Gasteiger partial charge in [0.2, 0.25) is 0 Å². The maximum absolute atomic E-state index is 5.58. The molecule has 76 valence electrons. The molecule has 1 aliphatic rings. The van der Waals surface area contributed by atoms with E-state index in [4.69, 9.17) is 4.74 Å². The number of benzene rings is 1. The topological polar surface area (TPSA) is 21.3 Å². The van der Waals surface area contributed by atoms with Gasteiger partial charge in [-0.3, -0.25) is 5.32 Å². The Kier molecular flexibility index (Phi) is 3.21. The molecule has 2 atom stereocenters. The molecule has 2 rings (SSSR count). The van der Waals surface area contributed by atoms with Gasteiger partial charge in [-0.15, -0.1) is 0 Å². The Morgan fingerprint density at radius 2 is 2.43 bits per heavy atom. The van der Waals surface area contributed by atoms with E-state index in [1.807, 2.05) is 6.07 Å². The molecule has 3 heteroatoms. The minimum Gasteiger partial charge on any atom is -0.361 e. The highest BCUT2D eigenvalue weighted by Gasteiger charge is 2.20. The van der Waals surface area contributed by atoms with Crippen LogP contribution in [0, 0.1) is 0 Å². The van der Waals surface area contributed by atoms with Crippen LogP contribution in [0.4, 0.5) is 0 Å². The molecule has 0 bridgehead atoms. The highest BCUT2D eigenvalue weighted by Crippen LogP contribution is 2.15. The van der Waals surface area contributed by atoms with E-state index >= 15 is 0 Å². The molecule has 14 heavy (non-hydrogen) atoms. The maximum atomic E-state index is 5.58. The number of ether oxygens (including phenoxy) is 1. The third-order valence-corrected chi connectivity index (χ3v) is 2.82. The molecule has 0 radical (unpaired) electrons. The van der Waals surface area contributed by atoms with Crippen LogP contribution in [0.15, 0.2) is 28.7 Å². The minimum atomic E-state index is 0.180. The lowest BCUT2D eigenvalue weighted by Crippen LogP contribution is -2.29. The van der Waals surface area contributed by atoms with Gasteiger partial charge in [0.05, 0.1) is 6.61 Å². The molecule has 1 N–H and O–H groups in total. The molecule has 1 aromatic rings. The van der Waals surface area contributed by atoms with Crippen LogP contribution in [0.3, 0.4) is 0 Å². The van der Waals surface area contributed by atoms with Gasteiger partial charge in [0.15, 0.2) is 0 Å². The molecule has 0 spiro atoms. The smallest absolute Gasteiger partial charge is 0.112 e. The van der Waals surface area contributed by atoms with E-state index < -0.39 is 0 Å². The van der Waals surface area contributed by atoms with Gasteiger partial charge in [-0.2, -0.15) is 0 Å². The predicted octanol–water partition coefficient (Wildman–Crippen LogP) is 2.33. The molecule has 1 heterocycles. The molecule has 2 nitrogen and oxygen atoms in total. The van der Waals surface area contributed by atoms with Crippen molar-refractivity contribution < 1.29 is 4.74 Å². The molecule has 2 unspecified atom stereocenters. The highest BCUT2D eigenvalue weighted by molar-refractivity contribution is 9.10. The quantitative estimate of drug-likeness (QED) is 0.876. The molecule has 0 saturated carbocycles. The minimum absolute atomic E-state index is 0.180. The zero-order chi connectivity index (χ0) is 9.97. The van der Waals surface area contributed by atoms with Crippen molar-refractivity contribution in [2.75, 3.05) is 6.61 Å². The second kappa shape index (κ2) is 4.43. The first-order valence-corrected chi connectivity index (χ1v) is 5.65. The SMILES string of the molecule is CC1COC(Cc2cccc(Br)c2)N1. The van der Waals surface area contributed by atoms with Crippen molar-refractivity contribution in [1.29, 1.82) is 0 Å². The fourth-order valence-corrected chi connectivity index (χ4v) is 2.12. The molecular weight excluding hydrogens is 242 g/mol. The van der Waals surface area contributed by atoms with Crippen molar-refractivity contribution in [2.24, 2.45) is 0 Å². The summed E-state index contributed by atoms with van der Waals surface area (Å²) in [6, 6.07) is 8.83. The summed E-state index contributed by atoms with van der Waals surface area (Å²) < 4.78 is 6.71. The first-order chi connectivity index (χ1) is 6.74. The monoisotopic (exact) mass is 255 g/mol. The summed E-state index contributed by atoms with van der Waals surface area (Å²) in [5, 5.41) is 3.38. The summed E-state index contributed by atoms with van der Waals surface area (Å²) in [6.07, 6.45) is 1.11. The standard InChI is InChI=1S/C11H14BrNO/c1-8-7-14-11(13-8)6-9-3-2-4-10(12)5-9/h2-5,8,11,13H,6-7H2,1H3. The first kappa shape index (κ1) is 10.1. The fraction of sp³-hybridized carbons (Fsp3) is 0.455. The maximum Gasteiger partial charge on any atom is 0.112 e. The number of hydrogen-bond acceptors (Lipinski definition) is 2. The fourth-order valence-electron chi connectivity index (χ4n) is 1.67. The summed E-state index contributed by atoms with van der Waals surface area (Å²) in [5.41, 5.74) is 1.30. The van der Waals surface area contributed by atoms with Crippen LogP contribution in [-0.2, 0) is 11.2 Å². The van der Waals surface area contributed by atoms with Crippen molar-refractivity contribution in [3.8, 4) is 0 Å².